The van der Waals surface area contributed by atoms with Crippen LogP contribution >= 0.6 is 0 Å². The lowest BCUT2D eigenvalue weighted by Crippen LogP contribution is -2.31. The zero-order valence-corrected chi connectivity index (χ0v) is 17.4. The molecular formula is C22H27NO6. The number of ether oxygens (including phenoxy) is 4. The number of benzene rings is 2. The van der Waals surface area contributed by atoms with Crippen molar-refractivity contribution in [1.82, 2.24) is 5.32 Å². The van der Waals surface area contributed by atoms with E-state index in [2.05, 4.69) is 10.1 Å². The fourth-order valence-corrected chi connectivity index (χ4v) is 2.80. The number of nitrogens with one attached hydrogen (secondary N) is 1. The lowest BCUT2D eigenvalue weighted by atomic mass is 9.95. The van der Waals surface area contributed by atoms with Crippen LogP contribution in [-0.2, 0) is 9.53 Å². The minimum absolute atomic E-state index is 0.167. The molecule has 0 aliphatic heterocycles. The fraction of sp³-hybridized carbons (Fsp3) is 0.364. The zero-order chi connectivity index (χ0) is 21.4. The van der Waals surface area contributed by atoms with Gasteiger partial charge in [-0.05, 0) is 41.8 Å². The summed E-state index contributed by atoms with van der Waals surface area (Å²) in [5, 5.41) is 3.06. The van der Waals surface area contributed by atoms with Gasteiger partial charge >= 0.3 is 5.97 Å². The predicted octanol–water partition coefficient (Wildman–Crippen LogP) is 3.38. The molecule has 1 unspecified atom stereocenters. The second kappa shape index (κ2) is 10.4. The van der Waals surface area contributed by atoms with E-state index in [1.165, 1.54) is 14.2 Å². The van der Waals surface area contributed by atoms with Gasteiger partial charge in [-0.3, -0.25) is 4.79 Å². The molecule has 0 saturated heterocycles. The Hall–Kier alpha value is -3.22. The maximum atomic E-state index is 12.9. The molecule has 2 aromatic carbocycles. The molecule has 0 aliphatic rings. The third kappa shape index (κ3) is 5.88. The molecule has 0 spiro atoms. The van der Waals surface area contributed by atoms with Crippen molar-refractivity contribution >= 4 is 11.9 Å². The van der Waals surface area contributed by atoms with Crippen LogP contribution in [0.3, 0.4) is 0 Å². The Bertz CT molecular complexity index is 832. The monoisotopic (exact) mass is 401 g/mol. The first-order chi connectivity index (χ1) is 13.9. The number of hydrogen-bond acceptors (Lipinski definition) is 6. The molecule has 0 heterocycles. The van der Waals surface area contributed by atoms with E-state index in [0.29, 0.717) is 11.3 Å². The van der Waals surface area contributed by atoms with Crippen LogP contribution in [0.5, 0.6) is 17.2 Å². The number of esters is 1. The quantitative estimate of drug-likeness (QED) is 0.649. The van der Waals surface area contributed by atoms with Crippen LogP contribution in [-0.4, -0.2) is 39.8 Å². The number of methoxy groups -OCH3 is 3. The van der Waals surface area contributed by atoms with Crippen molar-refractivity contribution in [3.63, 3.8) is 0 Å². The van der Waals surface area contributed by atoms with Crippen molar-refractivity contribution in [3.05, 3.63) is 53.6 Å². The molecular weight excluding hydrogens is 374 g/mol. The SMILES string of the molecule is COC(=O)COc1cc(C(=O)NC(c2ccc(OC)cc2)C(C)C)ccc1OC. The molecule has 0 saturated carbocycles. The smallest absolute Gasteiger partial charge is 0.343 e. The van der Waals surface area contributed by atoms with Crippen LogP contribution in [0.4, 0.5) is 0 Å². The standard InChI is InChI=1S/C22H27NO6/c1-14(2)21(15-6-9-17(26-3)10-7-15)23-22(25)16-8-11-18(27-4)19(12-16)29-13-20(24)28-5/h6-12,14,21H,13H2,1-5H3,(H,23,25). The van der Waals surface area contributed by atoms with Crippen LogP contribution in [0.25, 0.3) is 0 Å². The first-order valence-corrected chi connectivity index (χ1v) is 9.22. The lowest BCUT2D eigenvalue weighted by Gasteiger charge is -2.23. The first-order valence-electron chi connectivity index (χ1n) is 9.22. The summed E-state index contributed by atoms with van der Waals surface area (Å²) in [6.45, 7) is 3.79. The summed E-state index contributed by atoms with van der Waals surface area (Å²) in [7, 11) is 4.37. The van der Waals surface area contributed by atoms with Gasteiger partial charge in [-0.2, -0.15) is 0 Å². The first kappa shape index (κ1) is 22.1. The molecule has 1 atom stereocenters. The van der Waals surface area contributed by atoms with E-state index in [1.807, 2.05) is 38.1 Å². The van der Waals surface area contributed by atoms with Gasteiger partial charge in [-0.15, -0.1) is 0 Å². The van der Waals surface area contributed by atoms with Gasteiger partial charge in [0.2, 0.25) is 0 Å². The fourth-order valence-electron chi connectivity index (χ4n) is 2.80. The summed E-state index contributed by atoms with van der Waals surface area (Å²) in [5.41, 5.74) is 1.37. The molecule has 1 N–H and O–H groups in total. The summed E-state index contributed by atoms with van der Waals surface area (Å²) in [6, 6.07) is 12.2. The number of amides is 1. The van der Waals surface area contributed by atoms with E-state index >= 15 is 0 Å². The van der Waals surface area contributed by atoms with Crippen molar-refractivity contribution < 1.29 is 28.5 Å². The van der Waals surface area contributed by atoms with Crippen LogP contribution in [0.1, 0.15) is 35.8 Å². The molecule has 0 aromatic heterocycles. The summed E-state index contributed by atoms with van der Waals surface area (Å²) in [6.07, 6.45) is 0. The van der Waals surface area contributed by atoms with E-state index in [4.69, 9.17) is 14.2 Å². The minimum atomic E-state index is -0.527. The summed E-state index contributed by atoms with van der Waals surface area (Å²) in [5.74, 6) is 0.842. The van der Waals surface area contributed by atoms with Crippen molar-refractivity contribution in [2.24, 2.45) is 5.92 Å². The van der Waals surface area contributed by atoms with E-state index in [-0.39, 0.29) is 30.2 Å². The van der Waals surface area contributed by atoms with Crippen molar-refractivity contribution in [1.29, 1.82) is 0 Å². The molecule has 0 bridgehead atoms. The highest BCUT2D eigenvalue weighted by atomic mass is 16.6. The van der Waals surface area contributed by atoms with Gasteiger partial charge in [-0.1, -0.05) is 26.0 Å². The molecule has 0 fully saturated rings. The average molecular weight is 401 g/mol. The lowest BCUT2D eigenvalue weighted by molar-refractivity contribution is -0.142. The largest absolute Gasteiger partial charge is 0.497 e. The second-order valence-corrected chi connectivity index (χ2v) is 6.70. The summed E-state index contributed by atoms with van der Waals surface area (Å²) >= 11 is 0. The Morgan fingerprint density at radius 1 is 0.931 bits per heavy atom. The Morgan fingerprint density at radius 3 is 2.17 bits per heavy atom. The van der Waals surface area contributed by atoms with Crippen LogP contribution in [0, 0.1) is 5.92 Å². The maximum Gasteiger partial charge on any atom is 0.343 e. The average Bonchev–Trinajstić information content (AvgIpc) is 2.75. The normalized spacial score (nSPS) is 11.5. The molecule has 7 heteroatoms. The molecule has 2 aromatic rings. The van der Waals surface area contributed by atoms with Crippen molar-refractivity contribution in [2.45, 2.75) is 19.9 Å². The van der Waals surface area contributed by atoms with E-state index in [9.17, 15) is 9.59 Å². The molecule has 1 amide bonds. The van der Waals surface area contributed by atoms with Crippen molar-refractivity contribution in [3.8, 4) is 17.2 Å². The van der Waals surface area contributed by atoms with Gasteiger partial charge < -0.3 is 24.3 Å². The molecule has 156 valence electrons. The highest BCUT2D eigenvalue weighted by molar-refractivity contribution is 5.95. The maximum absolute atomic E-state index is 12.9. The molecule has 2 rings (SSSR count). The molecule has 7 nitrogen and oxygen atoms in total. The minimum Gasteiger partial charge on any atom is -0.497 e. The number of rotatable bonds is 9. The highest BCUT2D eigenvalue weighted by Gasteiger charge is 2.20. The van der Waals surface area contributed by atoms with E-state index < -0.39 is 5.97 Å². The van der Waals surface area contributed by atoms with Gasteiger partial charge in [-0.25, -0.2) is 4.79 Å². The topological polar surface area (TPSA) is 83.1 Å². The Balaban J connectivity index is 2.21. The third-order valence-corrected chi connectivity index (χ3v) is 4.43. The number of carbonyl (C=O) groups is 2. The number of hydrogen-bond donors (Lipinski definition) is 1. The van der Waals surface area contributed by atoms with Gasteiger partial charge in [0.25, 0.3) is 5.91 Å². The second-order valence-electron chi connectivity index (χ2n) is 6.70. The van der Waals surface area contributed by atoms with Gasteiger partial charge in [0.15, 0.2) is 18.1 Å². The number of carbonyl (C=O) groups excluding carboxylic acids is 2. The zero-order valence-electron chi connectivity index (χ0n) is 17.4. The summed E-state index contributed by atoms with van der Waals surface area (Å²) in [4.78, 5) is 24.2. The Labute approximate surface area is 170 Å². The summed E-state index contributed by atoms with van der Waals surface area (Å²) < 4.78 is 20.4. The van der Waals surface area contributed by atoms with Gasteiger partial charge in [0.1, 0.15) is 5.75 Å². The Kier molecular flexibility index (Phi) is 7.88. The molecule has 29 heavy (non-hydrogen) atoms. The molecule has 0 radical (unpaired) electrons. The highest BCUT2D eigenvalue weighted by Crippen LogP contribution is 2.29. The van der Waals surface area contributed by atoms with Crippen molar-refractivity contribution in [2.75, 3.05) is 27.9 Å². The van der Waals surface area contributed by atoms with Crippen LogP contribution in [0.2, 0.25) is 0 Å². The van der Waals surface area contributed by atoms with Gasteiger partial charge in [0.05, 0.1) is 27.4 Å². The van der Waals surface area contributed by atoms with Gasteiger partial charge in [0, 0.05) is 5.56 Å². The van der Waals surface area contributed by atoms with Crippen LogP contribution in [0.15, 0.2) is 42.5 Å². The third-order valence-electron chi connectivity index (χ3n) is 4.43. The Morgan fingerprint density at radius 2 is 1.62 bits per heavy atom. The molecule has 0 aliphatic carbocycles. The van der Waals surface area contributed by atoms with E-state index in [0.717, 1.165) is 11.3 Å². The van der Waals surface area contributed by atoms with Crippen LogP contribution < -0.4 is 19.5 Å². The predicted molar refractivity (Wildman–Crippen MR) is 109 cm³/mol. The van der Waals surface area contributed by atoms with E-state index in [1.54, 1.807) is 25.3 Å².